The molecule has 19 heavy (non-hydrogen) atoms. The second-order valence-electron chi connectivity index (χ2n) is 4.68. The monoisotopic (exact) mass is 254 g/mol. The van der Waals surface area contributed by atoms with Crippen LogP contribution in [-0.4, -0.2) is 22.3 Å². The van der Waals surface area contributed by atoms with Crippen molar-refractivity contribution in [3.63, 3.8) is 0 Å². The SMILES string of the molecule is O=C1c2ccc(=O)[nH]c2CCN1Cc1ccccc1. The first kappa shape index (κ1) is 11.7. The smallest absolute Gasteiger partial charge is 0.255 e. The van der Waals surface area contributed by atoms with E-state index in [-0.39, 0.29) is 11.5 Å². The second-order valence-corrected chi connectivity index (χ2v) is 4.68. The van der Waals surface area contributed by atoms with Gasteiger partial charge in [0.05, 0.1) is 5.56 Å². The molecule has 1 aliphatic rings. The fourth-order valence-electron chi connectivity index (χ4n) is 2.39. The number of H-pyrrole nitrogens is 1. The molecule has 1 aliphatic heterocycles. The third kappa shape index (κ3) is 2.29. The molecule has 0 unspecified atom stereocenters. The molecule has 2 aromatic rings. The van der Waals surface area contributed by atoms with Gasteiger partial charge < -0.3 is 9.88 Å². The van der Waals surface area contributed by atoms with Gasteiger partial charge >= 0.3 is 0 Å². The molecule has 1 amide bonds. The third-order valence-corrected chi connectivity index (χ3v) is 3.37. The molecule has 0 fully saturated rings. The number of fused-ring (bicyclic) bond motifs is 1. The van der Waals surface area contributed by atoms with Crippen LogP contribution < -0.4 is 5.56 Å². The Kier molecular flexibility index (Phi) is 2.91. The summed E-state index contributed by atoms with van der Waals surface area (Å²) in [5.74, 6) is -0.0126. The molecular weight excluding hydrogens is 240 g/mol. The Morgan fingerprint density at radius 2 is 1.84 bits per heavy atom. The van der Waals surface area contributed by atoms with Crippen molar-refractivity contribution < 1.29 is 4.79 Å². The zero-order valence-electron chi connectivity index (χ0n) is 10.4. The van der Waals surface area contributed by atoms with Crippen molar-refractivity contribution in [2.75, 3.05) is 6.54 Å². The Bertz CT molecular complexity index is 661. The van der Waals surface area contributed by atoms with Crippen LogP contribution in [0.15, 0.2) is 47.3 Å². The number of rotatable bonds is 2. The van der Waals surface area contributed by atoms with Gasteiger partial charge in [-0.2, -0.15) is 0 Å². The zero-order valence-corrected chi connectivity index (χ0v) is 10.4. The summed E-state index contributed by atoms with van der Waals surface area (Å²) in [5, 5.41) is 0. The largest absolute Gasteiger partial charge is 0.334 e. The molecule has 3 rings (SSSR count). The summed E-state index contributed by atoms with van der Waals surface area (Å²) in [6.45, 7) is 1.25. The molecule has 1 N–H and O–H groups in total. The van der Waals surface area contributed by atoms with Gasteiger partial charge in [0.25, 0.3) is 5.91 Å². The van der Waals surface area contributed by atoms with Gasteiger partial charge in [0.15, 0.2) is 0 Å². The summed E-state index contributed by atoms with van der Waals surface area (Å²) in [7, 11) is 0. The van der Waals surface area contributed by atoms with Gasteiger partial charge in [-0.3, -0.25) is 9.59 Å². The van der Waals surface area contributed by atoms with Crippen LogP contribution in [0.5, 0.6) is 0 Å². The fraction of sp³-hybridized carbons (Fsp3) is 0.200. The van der Waals surface area contributed by atoms with E-state index in [1.165, 1.54) is 6.07 Å². The van der Waals surface area contributed by atoms with Crippen LogP contribution in [0.3, 0.4) is 0 Å². The standard InChI is InChI=1S/C15H14N2O2/c18-14-7-6-12-13(16-14)8-9-17(15(12)19)10-11-4-2-1-3-5-11/h1-7H,8-10H2,(H,16,18). The highest BCUT2D eigenvalue weighted by atomic mass is 16.2. The van der Waals surface area contributed by atoms with E-state index < -0.39 is 0 Å². The summed E-state index contributed by atoms with van der Waals surface area (Å²) in [6.07, 6.45) is 0.698. The van der Waals surface area contributed by atoms with Crippen LogP contribution in [0.4, 0.5) is 0 Å². The molecule has 96 valence electrons. The maximum Gasteiger partial charge on any atom is 0.255 e. The van der Waals surface area contributed by atoms with Gasteiger partial charge in [0.1, 0.15) is 0 Å². The molecule has 0 saturated heterocycles. The summed E-state index contributed by atoms with van der Waals surface area (Å²) in [6, 6.07) is 12.9. The van der Waals surface area contributed by atoms with Gasteiger partial charge in [-0.25, -0.2) is 0 Å². The number of hydrogen-bond donors (Lipinski definition) is 1. The number of pyridine rings is 1. The summed E-state index contributed by atoms with van der Waals surface area (Å²) in [4.78, 5) is 28.1. The highest BCUT2D eigenvalue weighted by Crippen LogP contribution is 2.17. The Hall–Kier alpha value is -2.36. The zero-order chi connectivity index (χ0) is 13.2. The quantitative estimate of drug-likeness (QED) is 0.884. The van der Waals surface area contributed by atoms with E-state index in [9.17, 15) is 9.59 Å². The summed E-state index contributed by atoms with van der Waals surface area (Å²) in [5.41, 5.74) is 2.33. The van der Waals surface area contributed by atoms with Crippen LogP contribution >= 0.6 is 0 Å². The van der Waals surface area contributed by atoms with Crippen molar-refractivity contribution in [3.8, 4) is 0 Å². The number of carbonyl (C=O) groups is 1. The van der Waals surface area contributed by atoms with Crippen molar-refractivity contribution in [2.24, 2.45) is 0 Å². The number of aromatic nitrogens is 1. The predicted molar refractivity (Wildman–Crippen MR) is 71.9 cm³/mol. The number of hydrogen-bond acceptors (Lipinski definition) is 2. The second kappa shape index (κ2) is 4.72. The molecule has 1 aromatic heterocycles. The first-order chi connectivity index (χ1) is 9.24. The number of carbonyl (C=O) groups excluding carboxylic acids is 1. The average Bonchev–Trinajstić information content (AvgIpc) is 2.43. The first-order valence-electron chi connectivity index (χ1n) is 6.29. The number of nitrogens with zero attached hydrogens (tertiary/aromatic N) is 1. The highest BCUT2D eigenvalue weighted by molar-refractivity contribution is 5.96. The molecule has 0 saturated carbocycles. The van der Waals surface area contributed by atoms with Crippen LogP contribution in [0.1, 0.15) is 21.6 Å². The molecule has 1 aromatic carbocycles. The molecule has 4 nitrogen and oxygen atoms in total. The molecule has 0 atom stereocenters. The molecule has 4 heteroatoms. The predicted octanol–water partition coefficient (Wildman–Crippen LogP) is 1.57. The van der Waals surface area contributed by atoms with Gasteiger partial charge in [-0.15, -0.1) is 0 Å². The van der Waals surface area contributed by atoms with E-state index in [0.717, 1.165) is 11.3 Å². The summed E-state index contributed by atoms with van der Waals surface area (Å²) < 4.78 is 0. The van der Waals surface area contributed by atoms with Gasteiger partial charge in [-0.05, 0) is 11.6 Å². The van der Waals surface area contributed by atoms with E-state index in [1.54, 1.807) is 6.07 Å². The minimum absolute atomic E-state index is 0.0126. The molecule has 2 heterocycles. The molecule has 0 bridgehead atoms. The molecule has 0 radical (unpaired) electrons. The Labute approximate surface area is 110 Å². The third-order valence-electron chi connectivity index (χ3n) is 3.37. The van der Waals surface area contributed by atoms with Crippen molar-refractivity contribution in [1.29, 1.82) is 0 Å². The number of nitrogens with one attached hydrogen (secondary N) is 1. The first-order valence-corrected chi connectivity index (χ1v) is 6.29. The minimum atomic E-state index is -0.150. The highest BCUT2D eigenvalue weighted by Gasteiger charge is 2.24. The van der Waals surface area contributed by atoms with E-state index in [2.05, 4.69) is 4.98 Å². The Morgan fingerprint density at radius 1 is 1.05 bits per heavy atom. The van der Waals surface area contributed by atoms with Gasteiger partial charge in [0, 0.05) is 31.3 Å². The van der Waals surface area contributed by atoms with Crippen LogP contribution in [0, 0.1) is 0 Å². The number of benzene rings is 1. The lowest BCUT2D eigenvalue weighted by molar-refractivity contribution is 0.0725. The van der Waals surface area contributed by atoms with Gasteiger partial charge in [-0.1, -0.05) is 30.3 Å². The van der Waals surface area contributed by atoms with Crippen molar-refractivity contribution in [1.82, 2.24) is 9.88 Å². The minimum Gasteiger partial charge on any atom is -0.334 e. The van der Waals surface area contributed by atoms with E-state index in [1.807, 2.05) is 35.2 Å². The Morgan fingerprint density at radius 3 is 2.63 bits per heavy atom. The van der Waals surface area contributed by atoms with Crippen molar-refractivity contribution in [2.45, 2.75) is 13.0 Å². The normalized spacial score (nSPS) is 14.3. The van der Waals surface area contributed by atoms with Gasteiger partial charge in [0.2, 0.25) is 5.56 Å². The van der Waals surface area contributed by atoms with Crippen LogP contribution in [0.25, 0.3) is 0 Å². The lowest BCUT2D eigenvalue weighted by Crippen LogP contribution is -2.38. The van der Waals surface area contributed by atoms with E-state index in [0.29, 0.717) is 25.1 Å². The Balaban J connectivity index is 1.86. The van der Waals surface area contributed by atoms with E-state index in [4.69, 9.17) is 0 Å². The van der Waals surface area contributed by atoms with Crippen LogP contribution in [0.2, 0.25) is 0 Å². The lowest BCUT2D eigenvalue weighted by atomic mass is 10.0. The maximum atomic E-state index is 12.3. The number of aromatic amines is 1. The van der Waals surface area contributed by atoms with E-state index >= 15 is 0 Å². The average molecular weight is 254 g/mol. The topological polar surface area (TPSA) is 53.2 Å². The molecule has 0 aliphatic carbocycles. The molecule has 0 spiro atoms. The van der Waals surface area contributed by atoms with Crippen LogP contribution in [-0.2, 0) is 13.0 Å². The van der Waals surface area contributed by atoms with Crippen molar-refractivity contribution in [3.05, 3.63) is 69.6 Å². The maximum absolute atomic E-state index is 12.3. The molecular formula is C15H14N2O2. The summed E-state index contributed by atoms with van der Waals surface area (Å²) >= 11 is 0. The lowest BCUT2D eigenvalue weighted by Gasteiger charge is -2.28. The fourth-order valence-corrected chi connectivity index (χ4v) is 2.39. The number of amides is 1. The van der Waals surface area contributed by atoms with Crippen molar-refractivity contribution >= 4 is 5.91 Å².